The van der Waals surface area contributed by atoms with E-state index >= 15 is 0 Å². The monoisotopic (exact) mass is 226 g/mol. The molecule has 0 atom stereocenters. The van der Waals surface area contributed by atoms with Crippen molar-refractivity contribution in [2.45, 2.75) is 51.2 Å². The minimum Gasteiger partial charge on any atom is -0.377 e. The predicted molar refractivity (Wildman–Crippen MR) is 66.7 cm³/mol. The first-order chi connectivity index (χ1) is 7.70. The normalized spacial score (nSPS) is 25.7. The predicted octanol–water partition coefficient (Wildman–Crippen LogP) is 1.63. The van der Waals surface area contributed by atoms with Crippen LogP contribution in [0.3, 0.4) is 0 Å². The van der Waals surface area contributed by atoms with Crippen LogP contribution in [-0.2, 0) is 4.74 Å². The Balaban J connectivity index is 1.74. The van der Waals surface area contributed by atoms with Gasteiger partial charge < -0.3 is 10.1 Å². The van der Waals surface area contributed by atoms with E-state index in [4.69, 9.17) is 4.74 Å². The van der Waals surface area contributed by atoms with Gasteiger partial charge in [-0.1, -0.05) is 12.8 Å². The number of ether oxygens (including phenoxy) is 1. The van der Waals surface area contributed by atoms with Crippen molar-refractivity contribution >= 4 is 0 Å². The van der Waals surface area contributed by atoms with Crippen molar-refractivity contribution in [2.75, 3.05) is 32.8 Å². The summed E-state index contributed by atoms with van der Waals surface area (Å²) in [6.45, 7) is 9.77. The summed E-state index contributed by atoms with van der Waals surface area (Å²) in [5.74, 6) is 0. The van der Waals surface area contributed by atoms with E-state index in [1.54, 1.807) is 0 Å². The molecular formula is C13H26N2O. The molecule has 0 radical (unpaired) electrons. The van der Waals surface area contributed by atoms with Crippen molar-refractivity contribution in [2.24, 2.45) is 0 Å². The molecule has 94 valence electrons. The number of piperazine rings is 1. The standard InChI is InChI=1S/C13H26N2O/c1-12(2)16-10-9-15-8-7-14-13(11-15)5-3-4-6-13/h12,14H,3-11H2,1-2H3. The summed E-state index contributed by atoms with van der Waals surface area (Å²) in [4.78, 5) is 2.57. The quantitative estimate of drug-likeness (QED) is 0.788. The first-order valence-corrected chi connectivity index (χ1v) is 6.79. The van der Waals surface area contributed by atoms with E-state index in [0.717, 1.165) is 19.7 Å². The van der Waals surface area contributed by atoms with Crippen molar-refractivity contribution in [3.8, 4) is 0 Å². The highest BCUT2D eigenvalue weighted by atomic mass is 16.5. The highest BCUT2D eigenvalue weighted by Gasteiger charge is 2.37. The summed E-state index contributed by atoms with van der Waals surface area (Å²) in [6, 6.07) is 0. The van der Waals surface area contributed by atoms with Gasteiger partial charge in [0.1, 0.15) is 0 Å². The Morgan fingerprint density at radius 2 is 2.06 bits per heavy atom. The Kier molecular flexibility index (Phi) is 4.22. The minimum atomic E-state index is 0.364. The molecule has 0 aromatic heterocycles. The number of nitrogens with zero attached hydrogens (tertiary/aromatic N) is 1. The lowest BCUT2D eigenvalue weighted by Gasteiger charge is -2.41. The van der Waals surface area contributed by atoms with Crippen LogP contribution in [0.5, 0.6) is 0 Å². The maximum absolute atomic E-state index is 5.63. The Morgan fingerprint density at radius 1 is 1.31 bits per heavy atom. The molecule has 16 heavy (non-hydrogen) atoms. The largest absolute Gasteiger partial charge is 0.377 e. The SMILES string of the molecule is CC(C)OCCN1CCNC2(CCCC2)C1. The van der Waals surface area contributed by atoms with Crippen molar-refractivity contribution < 1.29 is 4.74 Å². The number of rotatable bonds is 4. The molecular weight excluding hydrogens is 200 g/mol. The van der Waals surface area contributed by atoms with Crippen LogP contribution in [0.15, 0.2) is 0 Å². The molecule has 1 saturated carbocycles. The molecule has 1 saturated heterocycles. The van der Waals surface area contributed by atoms with Gasteiger partial charge in [-0.25, -0.2) is 0 Å². The summed E-state index contributed by atoms with van der Waals surface area (Å²) < 4.78 is 5.63. The minimum absolute atomic E-state index is 0.364. The molecule has 1 heterocycles. The topological polar surface area (TPSA) is 24.5 Å². The Labute approximate surface area is 99.5 Å². The van der Waals surface area contributed by atoms with Crippen LogP contribution < -0.4 is 5.32 Å². The first-order valence-electron chi connectivity index (χ1n) is 6.79. The van der Waals surface area contributed by atoms with E-state index in [0.29, 0.717) is 11.6 Å². The molecule has 0 aromatic rings. The second-order valence-electron chi connectivity index (χ2n) is 5.61. The highest BCUT2D eigenvalue weighted by Crippen LogP contribution is 2.31. The van der Waals surface area contributed by atoms with Gasteiger partial charge >= 0.3 is 0 Å². The summed E-state index contributed by atoms with van der Waals surface area (Å²) in [7, 11) is 0. The molecule has 3 heteroatoms. The molecule has 1 spiro atoms. The average Bonchev–Trinajstić information content (AvgIpc) is 2.66. The molecule has 1 aliphatic carbocycles. The molecule has 2 fully saturated rings. The van der Waals surface area contributed by atoms with E-state index < -0.39 is 0 Å². The fraction of sp³-hybridized carbons (Fsp3) is 1.00. The zero-order valence-electron chi connectivity index (χ0n) is 10.8. The number of nitrogens with one attached hydrogen (secondary N) is 1. The molecule has 3 nitrogen and oxygen atoms in total. The van der Waals surface area contributed by atoms with Gasteiger partial charge in [0.25, 0.3) is 0 Å². The third-order valence-corrected chi connectivity index (χ3v) is 3.87. The van der Waals surface area contributed by atoms with Crippen LogP contribution in [0.4, 0.5) is 0 Å². The smallest absolute Gasteiger partial charge is 0.0596 e. The fourth-order valence-electron chi connectivity index (χ4n) is 3.04. The van der Waals surface area contributed by atoms with Crippen LogP contribution in [-0.4, -0.2) is 49.3 Å². The van der Waals surface area contributed by atoms with Gasteiger partial charge in [0, 0.05) is 31.7 Å². The molecule has 2 rings (SSSR count). The Hall–Kier alpha value is -0.120. The summed E-state index contributed by atoms with van der Waals surface area (Å²) >= 11 is 0. The van der Waals surface area contributed by atoms with E-state index in [2.05, 4.69) is 24.1 Å². The third-order valence-electron chi connectivity index (χ3n) is 3.87. The van der Waals surface area contributed by atoms with Crippen LogP contribution in [0, 0.1) is 0 Å². The number of hydrogen-bond acceptors (Lipinski definition) is 3. The molecule has 1 aliphatic heterocycles. The van der Waals surface area contributed by atoms with E-state index in [1.165, 1.54) is 38.8 Å². The van der Waals surface area contributed by atoms with E-state index in [-0.39, 0.29) is 0 Å². The molecule has 0 bridgehead atoms. The van der Waals surface area contributed by atoms with Crippen molar-refractivity contribution in [3.05, 3.63) is 0 Å². The lowest BCUT2D eigenvalue weighted by atomic mass is 9.94. The molecule has 1 N–H and O–H groups in total. The lowest BCUT2D eigenvalue weighted by Crippen LogP contribution is -2.59. The second-order valence-corrected chi connectivity index (χ2v) is 5.61. The van der Waals surface area contributed by atoms with Crippen molar-refractivity contribution in [1.82, 2.24) is 10.2 Å². The molecule has 2 aliphatic rings. The van der Waals surface area contributed by atoms with Crippen LogP contribution >= 0.6 is 0 Å². The van der Waals surface area contributed by atoms with Gasteiger partial charge in [0.15, 0.2) is 0 Å². The van der Waals surface area contributed by atoms with Crippen LogP contribution in [0.1, 0.15) is 39.5 Å². The van der Waals surface area contributed by atoms with Gasteiger partial charge in [-0.15, -0.1) is 0 Å². The zero-order valence-corrected chi connectivity index (χ0v) is 10.8. The van der Waals surface area contributed by atoms with Gasteiger partial charge in [-0.3, -0.25) is 4.90 Å². The first kappa shape index (κ1) is 12.3. The van der Waals surface area contributed by atoms with Gasteiger partial charge in [0.2, 0.25) is 0 Å². The van der Waals surface area contributed by atoms with Gasteiger partial charge in [0.05, 0.1) is 12.7 Å². The summed E-state index contributed by atoms with van der Waals surface area (Å²) in [5, 5.41) is 3.74. The lowest BCUT2D eigenvalue weighted by molar-refractivity contribution is 0.0430. The number of hydrogen-bond donors (Lipinski definition) is 1. The maximum atomic E-state index is 5.63. The molecule has 0 unspecified atom stereocenters. The Bertz CT molecular complexity index is 212. The van der Waals surface area contributed by atoms with E-state index in [1.807, 2.05) is 0 Å². The van der Waals surface area contributed by atoms with Gasteiger partial charge in [-0.05, 0) is 26.7 Å². The molecule has 0 amide bonds. The molecule has 0 aromatic carbocycles. The maximum Gasteiger partial charge on any atom is 0.0596 e. The second kappa shape index (κ2) is 5.48. The zero-order chi connectivity index (χ0) is 11.4. The summed E-state index contributed by atoms with van der Waals surface area (Å²) in [5.41, 5.74) is 0.454. The van der Waals surface area contributed by atoms with Crippen LogP contribution in [0.25, 0.3) is 0 Å². The van der Waals surface area contributed by atoms with Crippen LogP contribution in [0.2, 0.25) is 0 Å². The van der Waals surface area contributed by atoms with Crippen molar-refractivity contribution in [3.63, 3.8) is 0 Å². The Morgan fingerprint density at radius 3 is 2.75 bits per heavy atom. The fourth-order valence-corrected chi connectivity index (χ4v) is 3.04. The van der Waals surface area contributed by atoms with Crippen molar-refractivity contribution in [1.29, 1.82) is 0 Å². The van der Waals surface area contributed by atoms with E-state index in [9.17, 15) is 0 Å². The average molecular weight is 226 g/mol. The summed E-state index contributed by atoms with van der Waals surface area (Å²) in [6.07, 6.45) is 5.92. The third kappa shape index (κ3) is 3.19. The van der Waals surface area contributed by atoms with Gasteiger partial charge in [-0.2, -0.15) is 0 Å². The highest BCUT2D eigenvalue weighted by molar-refractivity contribution is 4.98.